The molecule has 0 unspecified atom stereocenters. The van der Waals surface area contributed by atoms with Crippen LogP contribution in [0.4, 0.5) is 0 Å². The summed E-state index contributed by atoms with van der Waals surface area (Å²) < 4.78 is 21.5. The Kier molecular flexibility index (Phi) is 8.25. The van der Waals surface area contributed by atoms with Gasteiger partial charge in [-0.15, -0.1) is 0 Å². The third-order valence-electron chi connectivity index (χ3n) is 5.02. The van der Waals surface area contributed by atoms with Crippen LogP contribution >= 0.6 is 0 Å². The molecule has 0 radical (unpaired) electrons. The maximum absolute atomic E-state index is 12.3. The Labute approximate surface area is 182 Å². The molecule has 2 aliphatic rings. The van der Waals surface area contributed by atoms with Gasteiger partial charge in [0.05, 0.1) is 18.8 Å². The Morgan fingerprint density at radius 2 is 1.68 bits per heavy atom. The first-order chi connectivity index (χ1) is 14.5. The molecular formula is C22H32O9. The van der Waals surface area contributed by atoms with E-state index in [0.717, 1.165) is 0 Å². The summed E-state index contributed by atoms with van der Waals surface area (Å²) in [5.41, 5.74) is -1.15. The summed E-state index contributed by atoms with van der Waals surface area (Å²) >= 11 is 0. The van der Waals surface area contributed by atoms with Gasteiger partial charge in [0.1, 0.15) is 12.2 Å². The third-order valence-corrected chi connectivity index (χ3v) is 5.02. The number of esters is 3. The molecule has 0 aromatic carbocycles. The molecule has 9 heteroatoms. The third kappa shape index (κ3) is 6.07. The maximum Gasteiger partial charge on any atom is 0.309 e. The lowest BCUT2D eigenvalue weighted by molar-refractivity contribution is -0.214. The number of hydrogen-bond acceptors (Lipinski definition) is 9. The average molecular weight is 440 g/mol. The maximum atomic E-state index is 12.3. The van der Waals surface area contributed by atoms with Gasteiger partial charge < -0.3 is 29.2 Å². The summed E-state index contributed by atoms with van der Waals surface area (Å²) in [6.45, 7) is 7.74. The van der Waals surface area contributed by atoms with Gasteiger partial charge in [0.25, 0.3) is 6.29 Å². The van der Waals surface area contributed by atoms with Crippen LogP contribution in [0.1, 0.15) is 47.5 Å². The van der Waals surface area contributed by atoms with Crippen LogP contribution in [-0.4, -0.2) is 59.3 Å². The molecule has 1 aliphatic carbocycles. The largest absolute Gasteiger partial charge is 0.461 e. The molecule has 174 valence electrons. The van der Waals surface area contributed by atoms with Crippen LogP contribution in [0, 0.1) is 17.8 Å². The molecule has 9 nitrogen and oxygen atoms in total. The van der Waals surface area contributed by atoms with Gasteiger partial charge in [0, 0.05) is 25.3 Å². The fourth-order valence-electron chi connectivity index (χ4n) is 3.59. The van der Waals surface area contributed by atoms with Crippen molar-refractivity contribution < 1.29 is 43.5 Å². The molecule has 0 aromatic rings. The van der Waals surface area contributed by atoms with Gasteiger partial charge in [-0.3, -0.25) is 14.4 Å². The Morgan fingerprint density at radius 3 is 2.19 bits per heavy atom. The highest BCUT2D eigenvalue weighted by Gasteiger charge is 2.58. The Morgan fingerprint density at radius 1 is 1.10 bits per heavy atom. The molecule has 0 saturated heterocycles. The van der Waals surface area contributed by atoms with E-state index in [1.165, 1.54) is 19.3 Å². The standard InChI is InChI=1S/C22H32O9/c1-12(2)6-18(25)30-17-8-16-15(9-28-14(5)24)10-29-21(20(16)22(17,27)11-23)31-19(26)7-13(3)4/h8,10,12-13,17,20-21,23,27H,6-7,9,11H2,1-5H3/t17-,20+,21-,22+/m0/s1. The molecular weight excluding hydrogens is 408 g/mol. The molecule has 0 spiro atoms. The quantitative estimate of drug-likeness (QED) is 0.406. The SMILES string of the molecule is CC(=O)OCC1=CO[C@@H](OC(=O)CC(C)C)[C@H]2C1=C[C@H](OC(=O)CC(C)C)[C@]2(O)CO. The highest BCUT2D eigenvalue weighted by molar-refractivity contribution is 5.71. The number of fused-ring (bicyclic) bond motifs is 1. The lowest BCUT2D eigenvalue weighted by Crippen LogP contribution is -2.55. The first-order valence-electron chi connectivity index (χ1n) is 10.4. The van der Waals surface area contributed by atoms with Gasteiger partial charge in [0.2, 0.25) is 0 Å². The fourth-order valence-corrected chi connectivity index (χ4v) is 3.59. The van der Waals surface area contributed by atoms with Gasteiger partial charge in [0.15, 0.2) is 6.10 Å². The number of hydrogen-bond donors (Lipinski definition) is 2. The summed E-state index contributed by atoms with van der Waals surface area (Å²) in [4.78, 5) is 35.7. The van der Waals surface area contributed by atoms with Crippen LogP contribution in [0.5, 0.6) is 0 Å². The van der Waals surface area contributed by atoms with Crippen molar-refractivity contribution in [2.45, 2.75) is 65.5 Å². The molecule has 1 heterocycles. The van der Waals surface area contributed by atoms with Crippen molar-refractivity contribution >= 4 is 17.9 Å². The zero-order valence-corrected chi connectivity index (χ0v) is 18.6. The van der Waals surface area contributed by atoms with Gasteiger partial charge >= 0.3 is 17.9 Å². The van der Waals surface area contributed by atoms with Crippen molar-refractivity contribution in [3.63, 3.8) is 0 Å². The number of aliphatic hydroxyl groups is 2. The van der Waals surface area contributed by atoms with Crippen molar-refractivity contribution in [3.05, 3.63) is 23.5 Å². The van der Waals surface area contributed by atoms with E-state index in [0.29, 0.717) is 11.1 Å². The first-order valence-corrected chi connectivity index (χ1v) is 10.4. The van der Waals surface area contributed by atoms with Crippen LogP contribution in [-0.2, 0) is 33.3 Å². The molecule has 0 amide bonds. The number of aliphatic hydroxyl groups excluding tert-OH is 1. The normalized spacial score (nSPS) is 27.2. The summed E-state index contributed by atoms with van der Waals surface area (Å²) in [7, 11) is 0. The summed E-state index contributed by atoms with van der Waals surface area (Å²) in [5.74, 6) is -2.54. The van der Waals surface area contributed by atoms with E-state index in [9.17, 15) is 24.6 Å². The van der Waals surface area contributed by atoms with Gasteiger partial charge in [-0.1, -0.05) is 27.7 Å². The topological polar surface area (TPSA) is 129 Å². The smallest absolute Gasteiger partial charge is 0.309 e. The minimum atomic E-state index is -1.99. The first kappa shape index (κ1) is 24.9. The molecule has 0 fully saturated rings. The second-order valence-corrected chi connectivity index (χ2v) is 8.77. The number of ether oxygens (including phenoxy) is 4. The zero-order chi connectivity index (χ0) is 23.3. The van der Waals surface area contributed by atoms with Crippen molar-refractivity contribution in [1.82, 2.24) is 0 Å². The average Bonchev–Trinajstić information content (AvgIpc) is 2.93. The molecule has 0 saturated carbocycles. The second kappa shape index (κ2) is 10.3. The number of carbonyl (C=O) groups is 3. The second-order valence-electron chi connectivity index (χ2n) is 8.77. The lowest BCUT2D eigenvalue weighted by atomic mass is 9.82. The fraction of sp³-hybridized carbons (Fsp3) is 0.682. The molecule has 31 heavy (non-hydrogen) atoms. The van der Waals surface area contributed by atoms with E-state index < -0.39 is 48.4 Å². The summed E-state index contributed by atoms with van der Waals surface area (Å²) in [6, 6.07) is 0. The highest BCUT2D eigenvalue weighted by atomic mass is 16.7. The van der Waals surface area contributed by atoms with E-state index in [4.69, 9.17) is 18.9 Å². The van der Waals surface area contributed by atoms with E-state index in [1.807, 2.05) is 27.7 Å². The van der Waals surface area contributed by atoms with Crippen molar-refractivity contribution in [2.24, 2.45) is 17.8 Å². The van der Waals surface area contributed by atoms with E-state index >= 15 is 0 Å². The molecule has 2 N–H and O–H groups in total. The minimum Gasteiger partial charge on any atom is -0.461 e. The number of rotatable bonds is 9. The molecule has 1 aliphatic heterocycles. The summed E-state index contributed by atoms with van der Waals surface area (Å²) in [6.07, 6.45) is 0.599. The van der Waals surface area contributed by atoms with Crippen LogP contribution in [0.25, 0.3) is 0 Å². The van der Waals surface area contributed by atoms with Gasteiger partial charge in [-0.2, -0.15) is 0 Å². The predicted molar refractivity (Wildman–Crippen MR) is 108 cm³/mol. The van der Waals surface area contributed by atoms with Crippen LogP contribution in [0.2, 0.25) is 0 Å². The molecule has 0 bridgehead atoms. The minimum absolute atomic E-state index is 0.0403. The van der Waals surface area contributed by atoms with Crippen LogP contribution in [0.3, 0.4) is 0 Å². The van der Waals surface area contributed by atoms with Crippen molar-refractivity contribution in [2.75, 3.05) is 13.2 Å². The van der Waals surface area contributed by atoms with Crippen LogP contribution < -0.4 is 0 Å². The van der Waals surface area contributed by atoms with Crippen molar-refractivity contribution in [3.8, 4) is 0 Å². The van der Waals surface area contributed by atoms with E-state index in [-0.39, 0.29) is 31.3 Å². The predicted octanol–water partition coefficient (Wildman–Crippen LogP) is 1.62. The molecule has 4 atom stereocenters. The Bertz CT molecular complexity index is 752. The van der Waals surface area contributed by atoms with E-state index in [1.54, 1.807) is 0 Å². The highest BCUT2D eigenvalue weighted by Crippen LogP contribution is 2.46. The lowest BCUT2D eigenvalue weighted by Gasteiger charge is -2.39. The van der Waals surface area contributed by atoms with Gasteiger partial charge in [-0.25, -0.2) is 0 Å². The van der Waals surface area contributed by atoms with Gasteiger partial charge in [-0.05, 0) is 23.5 Å². The summed E-state index contributed by atoms with van der Waals surface area (Å²) in [5, 5.41) is 21.4. The van der Waals surface area contributed by atoms with Crippen LogP contribution in [0.15, 0.2) is 23.5 Å². The zero-order valence-electron chi connectivity index (χ0n) is 18.6. The van der Waals surface area contributed by atoms with Crippen molar-refractivity contribution in [1.29, 1.82) is 0 Å². The number of carbonyl (C=O) groups excluding carboxylic acids is 3. The Balaban J connectivity index is 2.35. The monoisotopic (exact) mass is 440 g/mol. The van der Waals surface area contributed by atoms with E-state index in [2.05, 4.69) is 0 Å². The Hall–Kier alpha value is -2.39. The molecule has 0 aromatic heterocycles. The molecule has 2 rings (SSSR count).